The van der Waals surface area contributed by atoms with Gasteiger partial charge in [-0.1, -0.05) is 12.1 Å². The quantitative estimate of drug-likeness (QED) is 0.737. The summed E-state index contributed by atoms with van der Waals surface area (Å²) in [5, 5.41) is 23.7. The molecule has 8 heteroatoms. The van der Waals surface area contributed by atoms with Gasteiger partial charge in [-0.3, -0.25) is 0 Å². The molecule has 0 radical (unpaired) electrons. The number of para-hydroxylation sites is 1. The first-order valence-corrected chi connectivity index (χ1v) is 8.46. The molecule has 0 unspecified atom stereocenters. The monoisotopic (exact) mass is 366 g/mol. The molecule has 7 nitrogen and oxygen atoms in total. The van der Waals surface area contributed by atoms with Gasteiger partial charge < -0.3 is 25.2 Å². The molecule has 1 saturated carbocycles. The number of aliphatic hydroxyl groups is 2. The van der Waals surface area contributed by atoms with Crippen molar-refractivity contribution in [3.63, 3.8) is 0 Å². The smallest absolute Gasteiger partial charge is 0.229 e. The van der Waals surface area contributed by atoms with Gasteiger partial charge in [0.05, 0.1) is 23.1 Å². The molecule has 0 spiro atoms. The fourth-order valence-electron chi connectivity index (χ4n) is 3.34. The number of aromatic nitrogens is 2. The van der Waals surface area contributed by atoms with Gasteiger partial charge in [-0.15, -0.1) is 12.4 Å². The summed E-state index contributed by atoms with van der Waals surface area (Å²) in [5.74, 6) is 1.20. The van der Waals surface area contributed by atoms with Gasteiger partial charge in [0, 0.05) is 39.0 Å². The van der Waals surface area contributed by atoms with Crippen molar-refractivity contribution in [1.29, 1.82) is 0 Å². The first kappa shape index (κ1) is 18.1. The van der Waals surface area contributed by atoms with Crippen molar-refractivity contribution in [2.75, 3.05) is 31.1 Å². The molecular formula is C17H23ClN4O3. The number of aliphatic hydroxyl groups excluding tert-OH is 2. The van der Waals surface area contributed by atoms with Gasteiger partial charge in [0.25, 0.3) is 0 Å². The van der Waals surface area contributed by atoms with Crippen LogP contribution in [0.5, 0.6) is 5.88 Å². The number of nitrogens with one attached hydrogen (secondary N) is 1. The third-order valence-electron chi connectivity index (χ3n) is 4.69. The van der Waals surface area contributed by atoms with E-state index in [9.17, 15) is 10.2 Å². The molecule has 3 N–H and O–H groups in total. The third-order valence-corrected chi connectivity index (χ3v) is 4.69. The van der Waals surface area contributed by atoms with Gasteiger partial charge in [-0.05, 0) is 12.1 Å². The highest BCUT2D eigenvalue weighted by Gasteiger charge is 2.33. The fourth-order valence-corrected chi connectivity index (χ4v) is 3.34. The Bertz CT molecular complexity index is 716. The highest BCUT2D eigenvalue weighted by atomic mass is 35.5. The standard InChI is InChI=1S/C17H22N4O3.ClH/c22-14-9-11(10-15(14)23)24-16-12-3-1-2-4-13(12)19-17(20-16)21-7-5-18-6-8-21;/h1-4,11,14-15,18,22-23H,5-10H2;1H/t11-,14-,15+;. The van der Waals surface area contributed by atoms with Crippen LogP contribution in [0.3, 0.4) is 0 Å². The van der Waals surface area contributed by atoms with Crippen molar-refractivity contribution in [2.45, 2.75) is 31.2 Å². The lowest BCUT2D eigenvalue weighted by Crippen LogP contribution is -2.44. The molecule has 25 heavy (non-hydrogen) atoms. The lowest BCUT2D eigenvalue weighted by molar-refractivity contribution is 0.0438. The number of anilines is 1. The van der Waals surface area contributed by atoms with Crippen molar-refractivity contribution in [3.05, 3.63) is 24.3 Å². The minimum Gasteiger partial charge on any atom is -0.474 e. The number of ether oxygens (including phenoxy) is 1. The number of rotatable bonds is 3. The molecule has 1 saturated heterocycles. The van der Waals surface area contributed by atoms with E-state index < -0.39 is 12.2 Å². The average molecular weight is 367 g/mol. The van der Waals surface area contributed by atoms with Crippen LogP contribution >= 0.6 is 12.4 Å². The Hall–Kier alpha value is -1.67. The minimum atomic E-state index is -0.726. The second kappa shape index (κ2) is 7.70. The summed E-state index contributed by atoms with van der Waals surface area (Å²) in [6, 6.07) is 7.77. The summed E-state index contributed by atoms with van der Waals surface area (Å²) in [7, 11) is 0. The number of benzene rings is 1. The number of hydrogen-bond acceptors (Lipinski definition) is 7. The molecule has 2 aromatic rings. The van der Waals surface area contributed by atoms with E-state index in [1.165, 1.54) is 0 Å². The second-order valence-electron chi connectivity index (χ2n) is 6.43. The predicted molar refractivity (Wildman–Crippen MR) is 97.5 cm³/mol. The average Bonchev–Trinajstić information content (AvgIpc) is 2.93. The van der Waals surface area contributed by atoms with E-state index in [2.05, 4.69) is 20.2 Å². The summed E-state index contributed by atoms with van der Waals surface area (Å²) in [4.78, 5) is 11.5. The Kier molecular flexibility index (Phi) is 5.58. The molecular weight excluding hydrogens is 344 g/mol. The molecule has 3 atom stereocenters. The van der Waals surface area contributed by atoms with Crippen molar-refractivity contribution in [1.82, 2.24) is 15.3 Å². The Balaban J connectivity index is 0.00000182. The SMILES string of the molecule is Cl.O[C@@H]1C[C@@H](Oc2nc(N3CCNCC3)nc3ccccc23)C[C@@H]1O. The number of piperazine rings is 1. The highest BCUT2D eigenvalue weighted by molar-refractivity contribution is 5.85. The lowest BCUT2D eigenvalue weighted by Gasteiger charge is -2.28. The molecule has 1 aromatic carbocycles. The topological polar surface area (TPSA) is 90.7 Å². The summed E-state index contributed by atoms with van der Waals surface area (Å²) in [5.41, 5.74) is 0.843. The molecule has 0 amide bonds. The summed E-state index contributed by atoms with van der Waals surface area (Å²) in [6.07, 6.45) is -0.846. The lowest BCUT2D eigenvalue weighted by atomic mass is 10.2. The molecule has 2 fully saturated rings. The largest absolute Gasteiger partial charge is 0.474 e. The first-order chi connectivity index (χ1) is 11.7. The Morgan fingerprint density at radius 3 is 2.44 bits per heavy atom. The second-order valence-corrected chi connectivity index (χ2v) is 6.43. The van der Waals surface area contributed by atoms with Crippen LogP contribution in [-0.4, -0.2) is 64.7 Å². The van der Waals surface area contributed by atoms with Gasteiger partial charge in [-0.2, -0.15) is 4.98 Å². The van der Waals surface area contributed by atoms with Crippen LogP contribution in [0.4, 0.5) is 5.95 Å². The molecule has 1 aliphatic heterocycles. The van der Waals surface area contributed by atoms with Crippen molar-refractivity contribution >= 4 is 29.3 Å². The van der Waals surface area contributed by atoms with Crippen LogP contribution in [0, 0.1) is 0 Å². The third kappa shape index (κ3) is 3.79. The van der Waals surface area contributed by atoms with Crippen molar-refractivity contribution < 1.29 is 14.9 Å². The molecule has 136 valence electrons. The summed E-state index contributed by atoms with van der Waals surface area (Å²) in [6.45, 7) is 3.54. The Morgan fingerprint density at radius 2 is 1.72 bits per heavy atom. The number of fused-ring (bicyclic) bond motifs is 1. The van der Waals surface area contributed by atoms with Gasteiger partial charge in [0.15, 0.2) is 0 Å². The van der Waals surface area contributed by atoms with E-state index >= 15 is 0 Å². The van der Waals surface area contributed by atoms with Crippen LogP contribution in [-0.2, 0) is 0 Å². The minimum absolute atomic E-state index is 0. The number of nitrogens with zero attached hydrogens (tertiary/aromatic N) is 3. The molecule has 4 rings (SSSR count). The molecule has 1 aliphatic carbocycles. The van der Waals surface area contributed by atoms with E-state index in [0.29, 0.717) is 24.7 Å². The van der Waals surface area contributed by atoms with Crippen molar-refractivity contribution in [3.8, 4) is 5.88 Å². The number of hydrogen-bond donors (Lipinski definition) is 3. The Morgan fingerprint density at radius 1 is 1.04 bits per heavy atom. The maximum Gasteiger partial charge on any atom is 0.229 e. The van der Waals surface area contributed by atoms with Crippen LogP contribution < -0.4 is 15.0 Å². The molecule has 2 aliphatic rings. The normalized spacial score (nSPS) is 26.5. The van der Waals surface area contributed by atoms with Gasteiger partial charge >= 0.3 is 0 Å². The fraction of sp³-hybridized carbons (Fsp3) is 0.529. The zero-order chi connectivity index (χ0) is 16.5. The van der Waals surface area contributed by atoms with Gasteiger partial charge in [0.1, 0.15) is 6.10 Å². The molecule has 2 heterocycles. The summed E-state index contributed by atoms with van der Waals surface area (Å²) >= 11 is 0. The van der Waals surface area contributed by atoms with E-state index in [0.717, 1.165) is 37.1 Å². The molecule has 1 aromatic heterocycles. The maximum absolute atomic E-state index is 9.74. The van der Waals surface area contributed by atoms with Gasteiger partial charge in [-0.25, -0.2) is 4.98 Å². The van der Waals surface area contributed by atoms with Crippen LogP contribution in [0.1, 0.15) is 12.8 Å². The van der Waals surface area contributed by atoms with Gasteiger partial charge in [0.2, 0.25) is 11.8 Å². The zero-order valence-corrected chi connectivity index (χ0v) is 14.7. The van der Waals surface area contributed by atoms with Crippen molar-refractivity contribution in [2.24, 2.45) is 0 Å². The highest BCUT2D eigenvalue weighted by Crippen LogP contribution is 2.30. The summed E-state index contributed by atoms with van der Waals surface area (Å²) < 4.78 is 6.05. The Labute approximate surface area is 152 Å². The van der Waals surface area contributed by atoms with E-state index in [1.807, 2.05) is 24.3 Å². The zero-order valence-electron chi connectivity index (χ0n) is 13.8. The van der Waals surface area contributed by atoms with E-state index in [1.54, 1.807) is 0 Å². The predicted octanol–water partition coefficient (Wildman–Crippen LogP) is 0.724. The van der Waals surface area contributed by atoms with Crippen LogP contribution in [0.15, 0.2) is 24.3 Å². The molecule has 0 bridgehead atoms. The number of halogens is 1. The van der Waals surface area contributed by atoms with E-state index in [-0.39, 0.29) is 18.5 Å². The van der Waals surface area contributed by atoms with E-state index in [4.69, 9.17) is 4.74 Å². The van der Waals surface area contributed by atoms with Crippen LogP contribution in [0.2, 0.25) is 0 Å². The first-order valence-electron chi connectivity index (χ1n) is 8.46. The maximum atomic E-state index is 9.74. The van der Waals surface area contributed by atoms with Crippen LogP contribution in [0.25, 0.3) is 10.9 Å².